The van der Waals surface area contributed by atoms with Crippen molar-refractivity contribution in [1.29, 1.82) is 0 Å². The Balaban J connectivity index is 1.47. The van der Waals surface area contributed by atoms with Crippen molar-refractivity contribution in [3.63, 3.8) is 0 Å². The second-order valence-electron chi connectivity index (χ2n) is 6.58. The van der Waals surface area contributed by atoms with Gasteiger partial charge in [0, 0.05) is 6.54 Å². The third kappa shape index (κ3) is 3.73. The first-order valence-electron chi connectivity index (χ1n) is 9.05. The van der Waals surface area contributed by atoms with Crippen LogP contribution in [0.15, 0.2) is 62.6 Å². The monoisotopic (exact) mass is 367 g/mol. The number of aromatic nitrogens is 1. The van der Waals surface area contributed by atoms with E-state index in [1.165, 1.54) is 12.3 Å². The minimum absolute atomic E-state index is 0.0343. The molecule has 0 bridgehead atoms. The van der Waals surface area contributed by atoms with E-state index in [-0.39, 0.29) is 11.6 Å². The van der Waals surface area contributed by atoms with Gasteiger partial charge in [0.25, 0.3) is 11.5 Å². The van der Waals surface area contributed by atoms with Gasteiger partial charge in [-0.2, -0.15) is 0 Å². The number of furan rings is 2. The number of amides is 1. The Morgan fingerprint density at radius 2 is 1.89 bits per heavy atom. The highest BCUT2D eigenvalue weighted by Crippen LogP contribution is 2.25. The van der Waals surface area contributed by atoms with Gasteiger partial charge in [0.05, 0.1) is 24.3 Å². The lowest BCUT2D eigenvalue weighted by Gasteiger charge is -2.25. The van der Waals surface area contributed by atoms with Crippen LogP contribution in [0.3, 0.4) is 0 Å². The molecule has 4 heterocycles. The Labute approximate surface area is 156 Å². The lowest BCUT2D eigenvalue weighted by atomic mass is 10.1. The summed E-state index contributed by atoms with van der Waals surface area (Å²) in [6.45, 7) is 2.32. The molecule has 1 aliphatic rings. The van der Waals surface area contributed by atoms with E-state index >= 15 is 0 Å². The van der Waals surface area contributed by atoms with Crippen LogP contribution < -0.4 is 10.9 Å². The van der Waals surface area contributed by atoms with Gasteiger partial charge < -0.3 is 19.1 Å². The molecule has 0 radical (unpaired) electrons. The van der Waals surface area contributed by atoms with Crippen LogP contribution >= 0.6 is 0 Å². The Hall–Kier alpha value is -3.06. The van der Waals surface area contributed by atoms with Gasteiger partial charge in [-0.05, 0) is 62.3 Å². The molecule has 0 spiro atoms. The number of nitrogens with zero attached hydrogens (tertiary/aromatic N) is 1. The van der Waals surface area contributed by atoms with E-state index < -0.39 is 11.5 Å². The van der Waals surface area contributed by atoms with E-state index in [2.05, 4.69) is 15.2 Å². The van der Waals surface area contributed by atoms with Crippen molar-refractivity contribution in [3.8, 4) is 11.5 Å². The summed E-state index contributed by atoms with van der Waals surface area (Å²) in [5.41, 5.74) is 0.161. The third-order valence-electron chi connectivity index (χ3n) is 4.85. The largest absolute Gasteiger partial charge is 0.468 e. The molecule has 1 unspecified atom stereocenters. The van der Waals surface area contributed by atoms with E-state index in [0.29, 0.717) is 18.0 Å². The van der Waals surface area contributed by atoms with Gasteiger partial charge in [-0.3, -0.25) is 14.5 Å². The smallest absolute Gasteiger partial charge is 0.261 e. The molecule has 1 saturated heterocycles. The Kier molecular flexibility index (Phi) is 4.93. The molecule has 0 saturated carbocycles. The quantitative estimate of drug-likeness (QED) is 0.699. The second kappa shape index (κ2) is 7.67. The summed E-state index contributed by atoms with van der Waals surface area (Å²) < 4.78 is 10.8. The van der Waals surface area contributed by atoms with Crippen LogP contribution in [-0.4, -0.2) is 35.4 Å². The minimum Gasteiger partial charge on any atom is -0.468 e. The summed E-state index contributed by atoms with van der Waals surface area (Å²) in [6, 6.07) is 10.4. The molecular formula is C20H21N3O4. The fourth-order valence-corrected chi connectivity index (χ4v) is 3.46. The zero-order valence-corrected chi connectivity index (χ0v) is 14.8. The molecule has 0 aromatic carbocycles. The fourth-order valence-electron chi connectivity index (χ4n) is 3.46. The average Bonchev–Trinajstić information content (AvgIpc) is 3.43. The molecule has 3 aromatic heterocycles. The first kappa shape index (κ1) is 17.4. The second-order valence-corrected chi connectivity index (χ2v) is 6.58. The number of likely N-dealkylation sites (tertiary alicyclic amines) is 1. The lowest BCUT2D eigenvalue weighted by Crippen LogP contribution is -2.38. The number of carbonyl (C=O) groups is 1. The van der Waals surface area contributed by atoms with Crippen LogP contribution in [0.4, 0.5) is 0 Å². The van der Waals surface area contributed by atoms with Crippen LogP contribution in [0.1, 0.15) is 35.0 Å². The number of hydrogen-bond donors (Lipinski definition) is 2. The number of H-pyrrole nitrogens is 1. The summed E-state index contributed by atoms with van der Waals surface area (Å²) in [5.74, 6) is 0.961. The first-order valence-corrected chi connectivity index (χ1v) is 9.05. The highest BCUT2D eigenvalue weighted by atomic mass is 16.3. The summed E-state index contributed by atoms with van der Waals surface area (Å²) in [7, 11) is 0. The van der Waals surface area contributed by atoms with E-state index in [0.717, 1.165) is 31.7 Å². The molecule has 140 valence electrons. The van der Waals surface area contributed by atoms with Crippen molar-refractivity contribution >= 4 is 5.91 Å². The maximum absolute atomic E-state index is 12.5. The molecular weight excluding hydrogens is 346 g/mol. The molecule has 3 aromatic rings. The van der Waals surface area contributed by atoms with Crippen molar-refractivity contribution in [3.05, 3.63) is 70.6 Å². The molecule has 7 nitrogen and oxygen atoms in total. The highest BCUT2D eigenvalue weighted by Gasteiger charge is 2.26. The van der Waals surface area contributed by atoms with E-state index in [1.54, 1.807) is 24.5 Å². The molecule has 1 atom stereocenters. The van der Waals surface area contributed by atoms with Gasteiger partial charge in [0.1, 0.15) is 17.1 Å². The molecule has 7 heteroatoms. The molecule has 1 amide bonds. The molecule has 27 heavy (non-hydrogen) atoms. The maximum atomic E-state index is 12.5. The van der Waals surface area contributed by atoms with Crippen LogP contribution in [-0.2, 0) is 0 Å². The van der Waals surface area contributed by atoms with E-state index in [9.17, 15) is 9.59 Å². The number of hydrogen-bond acceptors (Lipinski definition) is 5. The molecule has 1 aliphatic heterocycles. The zero-order valence-electron chi connectivity index (χ0n) is 14.8. The first-order chi connectivity index (χ1) is 13.2. The predicted molar refractivity (Wildman–Crippen MR) is 99.4 cm³/mol. The minimum atomic E-state index is -0.447. The number of nitrogens with one attached hydrogen (secondary N) is 2. The van der Waals surface area contributed by atoms with Gasteiger partial charge in [-0.15, -0.1) is 0 Å². The van der Waals surface area contributed by atoms with Gasteiger partial charge in [0.2, 0.25) is 0 Å². The van der Waals surface area contributed by atoms with Gasteiger partial charge in [-0.25, -0.2) is 0 Å². The predicted octanol–water partition coefficient (Wildman–Crippen LogP) is 2.79. The summed E-state index contributed by atoms with van der Waals surface area (Å²) in [6.07, 6.45) is 5.44. The van der Waals surface area contributed by atoms with Gasteiger partial charge >= 0.3 is 0 Å². The average molecular weight is 367 g/mol. The van der Waals surface area contributed by atoms with Crippen molar-refractivity contribution < 1.29 is 13.6 Å². The van der Waals surface area contributed by atoms with E-state index in [1.807, 2.05) is 12.1 Å². The Morgan fingerprint density at radius 3 is 2.56 bits per heavy atom. The van der Waals surface area contributed by atoms with Crippen LogP contribution in [0.2, 0.25) is 0 Å². The summed E-state index contributed by atoms with van der Waals surface area (Å²) in [5, 5.41) is 2.88. The number of pyridine rings is 1. The number of aromatic amines is 1. The maximum Gasteiger partial charge on any atom is 0.261 e. The summed E-state index contributed by atoms with van der Waals surface area (Å²) >= 11 is 0. The number of rotatable bonds is 6. The Morgan fingerprint density at radius 1 is 1.11 bits per heavy atom. The molecule has 1 fully saturated rings. The van der Waals surface area contributed by atoms with Crippen LogP contribution in [0.25, 0.3) is 11.5 Å². The van der Waals surface area contributed by atoms with Gasteiger partial charge in [0.15, 0.2) is 0 Å². The van der Waals surface area contributed by atoms with Crippen molar-refractivity contribution in [2.75, 3.05) is 19.6 Å². The summed E-state index contributed by atoms with van der Waals surface area (Å²) in [4.78, 5) is 29.9. The molecule has 2 N–H and O–H groups in total. The van der Waals surface area contributed by atoms with Crippen LogP contribution in [0, 0.1) is 0 Å². The van der Waals surface area contributed by atoms with Crippen LogP contribution in [0.5, 0.6) is 0 Å². The van der Waals surface area contributed by atoms with Crippen molar-refractivity contribution in [2.45, 2.75) is 18.9 Å². The zero-order chi connectivity index (χ0) is 18.6. The fraction of sp³-hybridized carbons (Fsp3) is 0.300. The van der Waals surface area contributed by atoms with Crippen molar-refractivity contribution in [2.24, 2.45) is 0 Å². The molecule has 4 rings (SSSR count). The Bertz CT molecular complexity index is 938. The standard InChI is InChI=1S/C20H21N3O4/c24-19(14-7-8-15(22-20(14)25)17-5-3-11-26-17)21-13-16(18-6-4-12-27-18)23-9-1-2-10-23/h3-8,11-12,16H,1-2,9-10,13H2,(H,21,24)(H,22,25). The highest BCUT2D eigenvalue weighted by molar-refractivity contribution is 5.94. The molecule has 0 aliphatic carbocycles. The SMILES string of the molecule is O=C(NCC(c1ccco1)N1CCCC1)c1ccc(-c2ccco2)[nH]c1=O. The van der Waals surface area contributed by atoms with E-state index in [4.69, 9.17) is 8.83 Å². The van der Waals surface area contributed by atoms with Crippen molar-refractivity contribution in [1.82, 2.24) is 15.2 Å². The van der Waals surface area contributed by atoms with Gasteiger partial charge in [-0.1, -0.05) is 0 Å². The third-order valence-corrected chi connectivity index (χ3v) is 4.85. The normalized spacial score (nSPS) is 15.7. The number of carbonyl (C=O) groups excluding carboxylic acids is 1. The lowest BCUT2D eigenvalue weighted by molar-refractivity contribution is 0.0932. The topological polar surface area (TPSA) is 91.5 Å².